The van der Waals surface area contributed by atoms with Gasteiger partial charge in [-0.15, -0.1) is 0 Å². The van der Waals surface area contributed by atoms with Crippen LogP contribution in [0.2, 0.25) is 0 Å². The summed E-state index contributed by atoms with van der Waals surface area (Å²) >= 11 is 0. The monoisotopic (exact) mass is 382 g/mol. The van der Waals surface area contributed by atoms with Gasteiger partial charge in [-0.05, 0) is 42.0 Å². The number of carbonyl (C=O) groups excluding carboxylic acids is 2. The molecule has 1 aliphatic heterocycles. The summed E-state index contributed by atoms with van der Waals surface area (Å²) in [7, 11) is 1.65. The number of anilines is 1. The maximum Gasteiger partial charge on any atom is 0.242 e. The van der Waals surface area contributed by atoms with Gasteiger partial charge in [-0.25, -0.2) is 0 Å². The van der Waals surface area contributed by atoms with Crippen molar-refractivity contribution in [3.8, 4) is 5.75 Å². The minimum Gasteiger partial charge on any atom is -0.497 e. The van der Waals surface area contributed by atoms with Crippen LogP contribution >= 0.6 is 0 Å². The molecule has 28 heavy (non-hydrogen) atoms. The van der Waals surface area contributed by atoms with Gasteiger partial charge in [0.05, 0.1) is 7.11 Å². The largest absolute Gasteiger partial charge is 0.497 e. The third kappa shape index (κ3) is 5.00. The summed E-state index contributed by atoms with van der Waals surface area (Å²) in [6.07, 6.45) is 3.38. The molecule has 148 valence electrons. The lowest BCUT2D eigenvalue weighted by Gasteiger charge is -2.37. The number of hydrogen-bond acceptors (Lipinski definition) is 5. The molecule has 2 aromatic rings. The molecular weight excluding hydrogens is 356 g/mol. The van der Waals surface area contributed by atoms with Crippen molar-refractivity contribution in [2.75, 3.05) is 44.7 Å². The summed E-state index contributed by atoms with van der Waals surface area (Å²) in [6, 6.07) is 11.7. The number of rotatable bonds is 6. The summed E-state index contributed by atoms with van der Waals surface area (Å²) in [5.74, 6) is 0.705. The predicted molar refractivity (Wildman–Crippen MR) is 107 cm³/mol. The van der Waals surface area contributed by atoms with E-state index in [0.717, 1.165) is 30.1 Å². The number of hydrogen-bond donors (Lipinski definition) is 0. The van der Waals surface area contributed by atoms with Crippen molar-refractivity contribution in [1.82, 2.24) is 14.8 Å². The Balaban J connectivity index is 1.54. The zero-order valence-corrected chi connectivity index (χ0v) is 16.4. The molecule has 0 unspecified atom stereocenters. The van der Waals surface area contributed by atoms with Crippen LogP contribution in [-0.4, -0.2) is 66.4 Å². The van der Waals surface area contributed by atoms with Crippen LogP contribution in [0.1, 0.15) is 12.5 Å². The van der Waals surface area contributed by atoms with Gasteiger partial charge < -0.3 is 19.4 Å². The van der Waals surface area contributed by atoms with Gasteiger partial charge in [0.1, 0.15) is 12.3 Å². The minimum atomic E-state index is -0.109. The van der Waals surface area contributed by atoms with E-state index >= 15 is 0 Å². The number of ether oxygens (including phenoxy) is 1. The Kier molecular flexibility index (Phi) is 6.47. The van der Waals surface area contributed by atoms with Gasteiger partial charge in [-0.3, -0.25) is 14.6 Å². The van der Waals surface area contributed by atoms with E-state index in [2.05, 4.69) is 9.88 Å². The van der Waals surface area contributed by atoms with Gasteiger partial charge in [-0.2, -0.15) is 0 Å². The van der Waals surface area contributed by atoms with E-state index in [4.69, 9.17) is 4.74 Å². The molecule has 1 aromatic carbocycles. The summed E-state index contributed by atoms with van der Waals surface area (Å²) in [5, 5.41) is 0. The lowest BCUT2D eigenvalue weighted by molar-refractivity contribution is -0.140. The van der Waals surface area contributed by atoms with Crippen molar-refractivity contribution >= 4 is 17.5 Å². The topological polar surface area (TPSA) is 66.0 Å². The first kappa shape index (κ1) is 19.7. The number of carbonyl (C=O) groups is 2. The maximum absolute atomic E-state index is 12.7. The number of methoxy groups -OCH3 is 1. The summed E-state index contributed by atoms with van der Waals surface area (Å²) < 4.78 is 5.20. The summed E-state index contributed by atoms with van der Waals surface area (Å²) in [4.78, 5) is 34.3. The van der Waals surface area contributed by atoms with Crippen LogP contribution in [0.15, 0.2) is 48.8 Å². The predicted octanol–water partition coefficient (Wildman–Crippen LogP) is 1.79. The molecule has 7 nitrogen and oxygen atoms in total. The van der Waals surface area contributed by atoms with Crippen LogP contribution in [-0.2, 0) is 16.1 Å². The van der Waals surface area contributed by atoms with Gasteiger partial charge in [0.25, 0.3) is 0 Å². The van der Waals surface area contributed by atoms with E-state index in [1.54, 1.807) is 24.4 Å². The molecule has 0 saturated carbocycles. The van der Waals surface area contributed by atoms with E-state index in [1.807, 2.05) is 41.3 Å². The summed E-state index contributed by atoms with van der Waals surface area (Å²) in [5.41, 5.74) is 2.08. The number of benzene rings is 1. The molecule has 0 N–H and O–H groups in total. The number of aromatic nitrogens is 1. The Morgan fingerprint density at radius 3 is 2.25 bits per heavy atom. The van der Waals surface area contributed by atoms with E-state index in [-0.39, 0.29) is 18.4 Å². The molecule has 0 atom stereocenters. The van der Waals surface area contributed by atoms with Crippen molar-refractivity contribution in [3.63, 3.8) is 0 Å². The van der Waals surface area contributed by atoms with Crippen LogP contribution < -0.4 is 9.64 Å². The number of amides is 2. The molecule has 2 heterocycles. The van der Waals surface area contributed by atoms with Crippen molar-refractivity contribution in [3.05, 3.63) is 54.4 Å². The third-order valence-electron chi connectivity index (χ3n) is 4.96. The first-order valence-corrected chi connectivity index (χ1v) is 9.38. The fourth-order valence-corrected chi connectivity index (χ4v) is 3.26. The zero-order valence-electron chi connectivity index (χ0n) is 16.4. The smallest absolute Gasteiger partial charge is 0.242 e. The van der Waals surface area contributed by atoms with Crippen molar-refractivity contribution < 1.29 is 14.3 Å². The van der Waals surface area contributed by atoms with E-state index in [9.17, 15) is 9.59 Å². The molecule has 3 rings (SSSR count). The van der Waals surface area contributed by atoms with Gasteiger partial charge >= 0.3 is 0 Å². The SMILES string of the molecule is COc1ccc(N2CCN(C(=O)CN(Cc3ccncc3)C(C)=O)CC2)cc1. The second-order valence-corrected chi connectivity index (χ2v) is 6.80. The molecule has 1 aliphatic rings. The van der Waals surface area contributed by atoms with Gasteiger partial charge in [-0.1, -0.05) is 0 Å². The first-order valence-electron chi connectivity index (χ1n) is 9.38. The van der Waals surface area contributed by atoms with E-state index < -0.39 is 0 Å². The van der Waals surface area contributed by atoms with Gasteiger partial charge in [0, 0.05) is 57.7 Å². The zero-order chi connectivity index (χ0) is 19.9. The molecule has 1 fully saturated rings. The molecule has 0 radical (unpaired) electrons. The first-order chi connectivity index (χ1) is 13.6. The maximum atomic E-state index is 12.7. The molecule has 1 saturated heterocycles. The molecule has 2 amide bonds. The lowest BCUT2D eigenvalue weighted by atomic mass is 10.2. The summed E-state index contributed by atoms with van der Waals surface area (Å²) in [6.45, 7) is 4.83. The highest BCUT2D eigenvalue weighted by molar-refractivity contribution is 5.84. The molecule has 0 spiro atoms. The molecular formula is C21H26N4O3. The van der Waals surface area contributed by atoms with Crippen LogP contribution in [0.5, 0.6) is 5.75 Å². The normalized spacial score (nSPS) is 13.9. The highest BCUT2D eigenvalue weighted by Crippen LogP contribution is 2.20. The second-order valence-electron chi connectivity index (χ2n) is 6.80. The van der Waals surface area contributed by atoms with E-state index in [1.165, 1.54) is 6.92 Å². The Morgan fingerprint density at radius 2 is 1.68 bits per heavy atom. The Morgan fingerprint density at radius 1 is 1.04 bits per heavy atom. The average molecular weight is 382 g/mol. The molecule has 7 heteroatoms. The van der Waals surface area contributed by atoms with Crippen LogP contribution in [0.4, 0.5) is 5.69 Å². The van der Waals surface area contributed by atoms with Crippen molar-refractivity contribution in [2.24, 2.45) is 0 Å². The number of nitrogens with zero attached hydrogens (tertiary/aromatic N) is 4. The van der Waals surface area contributed by atoms with Crippen LogP contribution in [0.25, 0.3) is 0 Å². The van der Waals surface area contributed by atoms with Gasteiger partial charge in [0.2, 0.25) is 11.8 Å². The van der Waals surface area contributed by atoms with E-state index in [0.29, 0.717) is 19.6 Å². The van der Waals surface area contributed by atoms with Gasteiger partial charge in [0.15, 0.2) is 0 Å². The molecule has 1 aromatic heterocycles. The quantitative estimate of drug-likeness (QED) is 0.762. The Labute approximate surface area is 165 Å². The highest BCUT2D eigenvalue weighted by Gasteiger charge is 2.24. The highest BCUT2D eigenvalue weighted by atomic mass is 16.5. The van der Waals surface area contributed by atoms with Crippen molar-refractivity contribution in [1.29, 1.82) is 0 Å². The Bertz CT molecular complexity index is 787. The van der Waals surface area contributed by atoms with Crippen molar-refractivity contribution in [2.45, 2.75) is 13.5 Å². The van der Waals surface area contributed by atoms with Crippen LogP contribution in [0, 0.1) is 0 Å². The fraction of sp³-hybridized carbons (Fsp3) is 0.381. The number of pyridine rings is 1. The fourth-order valence-electron chi connectivity index (χ4n) is 3.26. The van der Waals surface area contributed by atoms with Crippen LogP contribution in [0.3, 0.4) is 0 Å². The minimum absolute atomic E-state index is 0.0152. The Hall–Kier alpha value is -3.09. The number of piperazine rings is 1. The molecule has 0 aliphatic carbocycles. The second kappa shape index (κ2) is 9.21. The third-order valence-corrected chi connectivity index (χ3v) is 4.96. The average Bonchev–Trinajstić information content (AvgIpc) is 2.74. The molecule has 0 bridgehead atoms. The lowest BCUT2D eigenvalue weighted by Crippen LogP contribution is -2.51. The standard InChI is InChI=1S/C21H26N4O3/c1-17(26)25(15-18-7-9-22-10-8-18)16-21(27)24-13-11-23(12-14-24)19-3-5-20(28-2)6-4-19/h3-10H,11-16H2,1-2H3.